The standard InChI is InChI=1S/C19H23N7O2/c1-13-20-18(28-22-13)17-12-26(23-21-17)16-5-4-10-25(11-16)19(27)14-6-8-15(9-7-14)24(2)3/h6-9,12,16H,4-5,10-11H2,1-3H3. The fraction of sp³-hybridized carbons (Fsp3) is 0.421. The molecule has 1 aliphatic rings. The molecule has 1 aliphatic heterocycles. The Hall–Kier alpha value is -3.23. The molecule has 2 aromatic heterocycles. The second kappa shape index (κ2) is 7.41. The molecular formula is C19H23N7O2. The zero-order chi connectivity index (χ0) is 19.7. The number of anilines is 1. The van der Waals surface area contributed by atoms with E-state index in [0.29, 0.717) is 29.5 Å². The van der Waals surface area contributed by atoms with Crippen molar-refractivity contribution >= 4 is 11.6 Å². The van der Waals surface area contributed by atoms with E-state index in [1.165, 1.54) is 0 Å². The summed E-state index contributed by atoms with van der Waals surface area (Å²) >= 11 is 0. The topological polar surface area (TPSA) is 93.2 Å². The molecule has 0 spiro atoms. The van der Waals surface area contributed by atoms with Gasteiger partial charge in [0.05, 0.1) is 12.2 Å². The third-order valence-corrected chi connectivity index (χ3v) is 4.95. The van der Waals surface area contributed by atoms with E-state index < -0.39 is 0 Å². The Morgan fingerprint density at radius 3 is 2.71 bits per heavy atom. The van der Waals surface area contributed by atoms with Crippen molar-refractivity contribution < 1.29 is 9.32 Å². The highest BCUT2D eigenvalue weighted by Gasteiger charge is 2.27. The van der Waals surface area contributed by atoms with Gasteiger partial charge in [0.15, 0.2) is 11.5 Å². The van der Waals surface area contributed by atoms with Crippen molar-refractivity contribution in [3.8, 4) is 11.6 Å². The molecule has 1 atom stereocenters. The zero-order valence-electron chi connectivity index (χ0n) is 16.2. The zero-order valence-corrected chi connectivity index (χ0v) is 16.2. The van der Waals surface area contributed by atoms with Gasteiger partial charge in [0.25, 0.3) is 11.8 Å². The van der Waals surface area contributed by atoms with Crippen molar-refractivity contribution in [2.24, 2.45) is 0 Å². The molecule has 0 radical (unpaired) electrons. The van der Waals surface area contributed by atoms with E-state index in [-0.39, 0.29) is 11.9 Å². The largest absolute Gasteiger partial charge is 0.378 e. The Balaban J connectivity index is 1.47. The number of rotatable bonds is 4. The molecule has 1 unspecified atom stereocenters. The van der Waals surface area contributed by atoms with Crippen LogP contribution in [0.5, 0.6) is 0 Å². The van der Waals surface area contributed by atoms with Gasteiger partial charge < -0.3 is 14.3 Å². The molecule has 1 aromatic carbocycles. The van der Waals surface area contributed by atoms with Crippen LogP contribution >= 0.6 is 0 Å². The molecule has 0 saturated carbocycles. The molecular weight excluding hydrogens is 358 g/mol. The minimum Gasteiger partial charge on any atom is -0.378 e. The summed E-state index contributed by atoms with van der Waals surface area (Å²) in [5.41, 5.74) is 2.31. The van der Waals surface area contributed by atoms with E-state index >= 15 is 0 Å². The lowest BCUT2D eigenvalue weighted by Crippen LogP contribution is -2.40. The highest BCUT2D eigenvalue weighted by molar-refractivity contribution is 5.94. The van der Waals surface area contributed by atoms with E-state index in [2.05, 4.69) is 20.5 Å². The fourth-order valence-electron chi connectivity index (χ4n) is 3.39. The van der Waals surface area contributed by atoms with Crippen LogP contribution in [0.1, 0.15) is 35.1 Å². The second-order valence-corrected chi connectivity index (χ2v) is 7.22. The average molecular weight is 381 g/mol. The number of carbonyl (C=O) groups excluding carboxylic acids is 1. The number of nitrogens with zero attached hydrogens (tertiary/aromatic N) is 7. The lowest BCUT2D eigenvalue weighted by Gasteiger charge is -2.32. The molecule has 0 N–H and O–H groups in total. The summed E-state index contributed by atoms with van der Waals surface area (Å²) in [4.78, 5) is 21.0. The van der Waals surface area contributed by atoms with Crippen molar-refractivity contribution in [1.82, 2.24) is 30.0 Å². The molecule has 9 heteroatoms. The SMILES string of the molecule is Cc1noc(-c2cn(C3CCCN(C(=O)c4ccc(N(C)C)cc4)C3)nn2)n1. The third kappa shape index (κ3) is 3.60. The van der Waals surface area contributed by atoms with Crippen LogP contribution < -0.4 is 4.90 Å². The number of amides is 1. The van der Waals surface area contributed by atoms with E-state index in [1.54, 1.807) is 17.8 Å². The summed E-state index contributed by atoms with van der Waals surface area (Å²) in [6, 6.07) is 7.76. The van der Waals surface area contributed by atoms with Crippen molar-refractivity contribution in [3.63, 3.8) is 0 Å². The quantitative estimate of drug-likeness (QED) is 0.684. The maximum Gasteiger partial charge on any atom is 0.280 e. The molecule has 1 fully saturated rings. The van der Waals surface area contributed by atoms with Crippen LogP contribution in [0.3, 0.4) is 0 Å². The predicted molar refractivity (Wildman–Crippen MR) is 103 cm³/mol. The lowest BCUT2D eigenvalue weighted by molar-refractivity contribution is 0.0672. The van der Waals surface area contributed by atoms with Gasteiger partial charge in [-0.05, 0) is 44.0 Å². The first kappa shape index (κ1) is 18.1. The number of aromatic nitrogens is 5. The molecule has 4 rings (SSSR count). The van der Waals surface area contributed by atoms with E-state index in [1.807, 2.05) is 48.2 Å². The summed E-state index contributed by atoms with van der Waals surface area (Å²) in [6.07, 6.45) is 3.66. The van der Waals surface area contributed by atoms with Crippen LogP contribution in [-0.4, -0.2) is 63.1 Å². The highest BCUT2D eigenvalue weighted by Crippen LogP contribution is 2.24. The van der Waals surface area contributed by atoms with Crippen molar-refractivity contribution in [1.29, 1.82) is 0 Å². The normalized spacial score (nSPS) is 17.0. The summed E-state index contributed by atoms with van der Waals surface area (Å²) in [5.74, 6) is 0.954. The van der Waals surface area contributed by atoms with Crippen molar-refractivity contribution in [3.05, 3.63) is 41.9 Å². The number of aryl methyl sites for hydroxylation is 1. The van der Waals surface area contributed by atoms with Gasteiger partial charge in [0, 0.05) is 38.4 Å². The number of piperidine rings is 1. The Morgan fingerprint density at radius 1 is 1.25 bits per heavy atom. The number of hydrogen-bond donors (Lipinski definition) is 0. The van der Waals surface area contributed by atoms with Gasteiger partial charge in [-0.1, -0.05) is 10.4 Å². The molecule has 1 amide bonds. The Bertz CT molecular complexity index is 961. The van der Waals surface area contributed by atoms with Gasteiger partial charge >= 0.3 is 0 Å². The molecule has 3 heterocycles. The summed E-state index contributed by atoms with van der Waals surface area (Å²) in [7, 11) is 3.96. The van der Waals surface area contributed by atoms with Crippen LogP contribution in [0.25, 0.3) is 11.6 Å². The predicted octanol–water partition coefficient (Wildman–Crippen LogP) is 2.18. The Morgan fingerprint density at radius 2 is 2.04 bits per heavy atom. The van der Waals surface area contributed by atoms with Gasteiger partial charge in [-0.25, -0.2) is 4.68 Å². The van der Waals surface area contributed by atoms with Crippen molar-refractivity contribution in [2.75, 3.05) is 32.1 Å². The fourth-order valence-corrected chi connectivity index (χ4v) is 3.39. The Labute approximate surface area is 162 Å². The van der Waals surface area contributed by atoms with Crippen LogP contribution in [0.4, 0.5) is 5.69 Å². The molecule has 1 saturated heterocycles. The maximum absolute atomic E-state index is 12.9. The van der Waals surface area contributed by atoms with Gasteiger partial charge in [-0.15, -0.1) is 5.10 Å². The minimum absolute atomic E-state index is 0.0443. The number of carbonyl (C=O) groups is 1. The van der Waals surface area contributed by atoms with E-state index in [9.17, 15) is 4.79 Å². The smallest absolute Gasteiger partial charge is 0.280 e. The van der Waals surface area contributed by atoms with Gasteiger partial charge in [0.2, 0.25) is 0 Å². The second-order valence-electron chi connectivity index (χ2n) is 7.22. The molecule has 3 aromatic rings. The molecule has 28 heavy (non-hydrogen) atoms. The first-order valence-electron chi connectivity index (χ1n) is 9.30. The summed E-state index contributed by atoms with van der Waals surface area (Å²) < 4.78 is 6.94. The summed E-state index contributed by atoms with van der Waals surface area (Å²) in [5, 5.41) is 12.1. The molecule has 0 bridgehead atoms. The molecule has 0 aliphatic carbocycles. The van der Waals surface area contributed by atoms with E-state index in [4.69, 9.17) is 4.52 Å². The lowest BCUT2D eigenvalue weighted by atomic mass is 10.0. The van der Waals surface area contributed by atoms with Gasteiger partial charge in [-0.3, -0.25) is 4.79 Å². The number of hydrogen-bond acceptors (Lipinski definition) is 7. The Kier molecular flexibility index (Phi) is 4.81. The highest BCUT2D eigenvalue weighted by atomic mass is 16.5. The number of likely N-dealkylation sites (tertiary alicyclic amines) is 1. The van der Waals surface area contributed by atoms with Crippen molar-refractivity contribution in [2.45, 2.75) is 25.8 Å². The maximum atomic E-state index is 12.9. The number of benzene rings is 1. The molecule has 146 valence electrons. The van der Waals surface area contributed by atoms with Crippen LogP contribution in [0.15, 0.2) is 35.0 Å². The average Bonchev–Trinajstić information content (AvgIpc) is 3.37. The summed E-state index contributed by atoms with van der Waals surface area (Å²) in [6.45, 7) is 3.10. The minimum atomic E-state index is 0.0443. The van der Waals surface area contributed by atoms with Crippen LogP contribution in [-0.2, 0) is 0 Å². The third-order valence-electron chi connectivity index (χ3n) is 4.95. The first-order chi connectivity index (χ1) is 13.5. The van der Waals surface area contributed by atoms with Gasteiger partial charge in [0.1, 0.15) is 0 Å². The van der Waals surface area contributed by atoms with Gasteiger partial charge in [-0.2, -0.15) is 4.98 Å². The van der Waals surface area contributed by atoms with Crippen LogP contribution in [0.2, 0.25) is 0 Å². The van der Waals surface area contributed by atoms with E-state index in [0.717, 1.165) is 25.1 Å². The monoisotopic (exact) mass is 381 g/mol. The molecule has 9 nitrogen and oxygen atoms in total. The first-order valence-corrected chi connectivity index (χ1v) is 9.30. The van der Waals surface area contributed by atoms with Crippen LogP contribution in [0, 0.1) is 6.92 Å².